The third-order valence-corrected chi connectivity index (χ3v) is 4.27. The molecule has 17 heavy (non-hydrogen) atoms. The summed E-state index contributed by atoms with van der Waals surface area (Å²) in [5.41, 5.74) is 7.38. The van der Waals surface area contributed by atoms with Crippen molar-refractivity contribution < 1.29 is 4.74 Å². The second-order valence-electron chi connectivity index (χ2n) is 5.48. The second-order valence-corrected chi connectivity index (χ2v) is 5.48. The van der Waals surface area contributed by atoms with Gasteiger partial charge in [-0.3, -0.25) is 4.68 Å². The van der Waals surface area contributed by atoms with Gasteiger partial charge in [0.25, 0.3) is 0 Å². The summed E-state index contributed by atoms with van der Waals surface area (Å²) in [4.78, 5) is 0. The highest BCUT2D eigenvalue weighted by molar-refractivity contribution is 5.05. The average Bonchev–Trinajstić information content (AvgIpc) is 2.73. The molecule has 0 amide bonds. The van der Waals surface area contributed by atoms with E-state index in [-0.39, 0.29) is 11.6 Å². The van der Waals surface area contributed by atoms with Crippen LogP contribution in [0.25, 0.3) is 0 Å². The van der Waals surface area contributed by atoms with Crippen molar-refractivity contribution in [1.29, 1.82) is 0 Å². The molecule has 2 heterocycles. The van der Waals surface area contributed by atoms with Crippen LogP contribution in [0.2, 0.25) is 0 Å². The van der Waals surface area contributed by atoms with E-state index in [1.54, 1.807) is 4.68 Å². The molecule has 0 radical (unpaired) electrons. The van der Waals surface area contributed by atoms with E-state index in [1.165, 1.54) is 19.3 Å². The highest BCUT2D eigenvalue weighted by Crippen LogP contribution is 2.46. The minimum absolute atomic E-state index is 0.00470. The highest BCUT2D eigenvalue weighted by Gasteiger charge is 2.44. The summed E-state index contributed by atoms with van der Waals surface area (Å²) in [6.07, 6.45) is 7.76. The molecule has 2 unspecified atom stereocenters. The fourth-order valence-corrected chi connectivity index (χ4v) is 3.05. The molecule has 0 aromatic carbocycles. The smallest absolute Gasteiger partial charge is 0.0996 e. The normalized spacial score (nSPS) is 28.9. The van der Waals surface area contributed by atoms with Crippen LogP contribution in [-0.4, -0.2) is 27.2 Å². The van der Waals surface area contributed by atoms with Crippen LogP contribution in [0.4, 0.5) is 0 Å². The fourth-order valence-electron chi connectivity index (χ4n) is 3.05. The van der Waals surface area contributed by atoms with Gasteiger partial charge in [0.1, 0.15) is 0 Å². The van der Waals surface area contributed by atoms with Crippen molar-refractivity contribution in [2.75, 3.05) is 6.61 Å². The van der Waals surface area contributed by atoms with Crippen molar-refractivity contribution in [3.05, 3.63) is 11.9 Å². The van der Waals surface area contributed by atoms with E-state index in [4.69, 9.17) is 10.5 Å². The number of hydrogen-bond acceptors (Lipinski definition) is 4. The zero-order chi connectivity index (χ0) is 11.9. The molecule has 2 atom stereocenters. The molecule has 1 aromatic rings. The van der Waals surface area contributed by atoms with Crippen LogP contribution in [0.5, 0.6) is 0 Å². The van der Waals surface area contributed by atoms with E-state index in [0.717, 1.165) is 25.1 Å². The van der Waals surface area contributed by atoms with Crippen LogP contribution in [0.15, 0.2) is 6.20 Å². The Bertz CT molecular complexity index is 399. The number of ether oxygens (including phenoxy) is 1. The number of aromatic nitrogens is 3. The Morgan fingerprint density at radius 1 is 1.59 bits per heavy atom. The summed E-state index contributed by atoms with van der Waals surface area (Å²) in [6, 6.07) is 0.00470. The van der Waals surface area contributed by atoms with Crippen LogP contribution >= 0.6 is 0 Å². The van der Waals surface area contributed by atoms with Gasteiger partial charge in [-0.2, -0.15) is 0 Å². The first-order valence-corrected chi connectivity index (χ1v) is 6.44. The lowest BCUT2D eigenvalue weighted by Crippen LogP contribution is -2.47. The van der Waals surface area contributed by atoms with E-state index in [9.17, 15) is 0 Å². The molecule has 0 bridgehead atoms. The summed E-state index contributed by atoms with van der Waals surface area (Å²) < 4.78 is 7.64. The molecule has 3 rings (SSSR count). The minimum atomic E-state index is 0.00470. The molecule has 1 saturated heterocycles. The second kappa shape index (κ2) is 4.07. The van der Waals surface area contributed by atoms with Gasteiger partial charge < -0.3 is 10.5 Å². The zero-order valence-electron chi connectivity index (χ0n) is 10.3. The van der Waals surface area contributed by atoms with Crippen LogP contribution < -0.4 is 5.73 Å². The summed E-state index contributed by atoms with van der Waals surface area (Å²) >= 11 is 0. The lowest BCUT2D eigenvalue weighted by Gasteiger charge is -2.48. The Morgan fingerprint density at radius 3 is 3.00 bits per heavy atom. The molecule has 2 fully saturated rings. The van der Waals surface area contributed by atoms with Gasteiger partial charge in [0.15, 0.2) is 0 Å². The van der Waals surface area contributed by atoms with Gasteiger partial charge in [-0.1, -0.05) is 5.21 Å². The molecule has 1 aliphatic heterocycles. The first kappa shape index (κ1) is 11.2. The molecule has 1 aliphatic carbocycles. The fraction of sp³-hybridized carbons (Fsp3) is 0.833. The van der Waals surface area contributed by atoms with E-state index >= 15 is 0 Å². The zero-order valence-corrected chi connectivity index (χ0v) is 10.3. The molecular weight excluding hydrogens is 216 g/mol. The predicted molar refractivity (Wildman–Crippen MR) is 63.2 cm³/mol. The van der Waals surface area contributed by atoms with Crippen molar-refractivity contribution in [2.45, 2.75) is 43.7 Å². The van der Waals surface area contributed by atoms with Crippen molar-refractivity contribution >= 4 is 0 Å². The Morgan fingerprint density at radius 2 is 2.41 bits per heavy atom. The standard InChI is InChI=1S/C12H20N4O/c1-16-8-10(14-15-16)11(13)9-3-6-17-12(7-9)4-2-5-12/h8-9,11H,2-7,13H2,1H3. The first-order chi connectivity index (χ1) is 8.19. The minimum Gasteiger partial charge on any atom is -0.375 e. The number of nitrogens with zero attached hydrogens (tertiary/aromatic N) is 3. The SMILES string of the molecule is Cn1cc(C(N)C2CCOC3(CCC3)C2)nn1. The van der Waals surface area contributed by atoms with Gasteiger partial charge in [0.2, 0.25) is 0 Å². The Kier molecular flexibility index (Phi) is 2.67. The summed E-state index contributed by atoms with van der Waals surface area (Å²) in [6.45, 7) is 0.846. The number of nitrogens with two attached hydrogens (primary N) is 1. The number of aryl methyl sites for hydroxylation is 1. The predicted octanol–water partition coefficient (Wildman–Crippen LogP) is 1.16. The molecule has 5 nitrogen and oxygen atoms in total. The molecule has 1 spiro atoms. The van der Waals surface area contributed by atoms with Crippen LogP contribution in [0.1, 0.15) is 43.8 Å². The summed E-state index contributed by atoms with van der Waals surface area (Å²) in [5, 5.41) is 8.09. The van der Waals surface area contributed by atoms with Gasteiger partial charge in [-0.05, 0) is 38.0 Å². The first-order valence-electron chi connectivity index (χ1n) is 6.44. The average molecular weight is 236 g/mol. The van der Waals surface area contributed by atoms with Gasteiger partial charge >= 0.3 is 0 Å². The third kappa shape index (κ3) is 1.98. The lowest BCUT2D eigenvalue weighted by atomic mass is 9.70. The maximum atomic E-state index is 6.31. The highest BCUT2D eigenvalue weighted by atomic mass is 16.5. The number of rotatable bonds is 2. The van der Waals surface area contributed by atoms with Gasteiger partial charge in [0, 0.05) is 19.9 Å². The quantitative estimate of drug-likeness (QED) is 0.837. The summed E-state index contributed by atoms with van der Waals surface area (Å²) in [5.74, 6) is 0.487. The molecule has 94 valence electrons. The molecule has 2 N–H and O–H groups in total. The molecular formula is C12H20N4O. The van der Waals surface area contributed by atoms with E-state index in [1.807, 2.05) is 13.2 Å². The largest absolute Gasteiger partial charge is 0.375 e. The van der Waals surface area contributed by atoms with Gasteiger partial charge in [-0.25, -0.2) is 0 Å². The molecule has 2 aliphatic rings. The number of hydrogen-bond donors (Lipinski definition) is 1. The van der Waals surface area contributed by atoms with E-state index < -0.39 is 0 Å². The molecule has 1 saturated carbocycles. The van der Waals surface area contributed by atoms with Crippen molar-refractivity contribution in [2.24, 2.45) is 18.7 Å². The Labute approximate surface area is 101 Å². The maximum Gasteiger partial charge on any atom is 0.0996 e. The van der Waals surface area contributed by atoms with E-state index in [2.05, 4.69) is 10.3 Å². The molecule has 1 aromatic heterocycles. The van der Waals surface area contributed by atoms with Crippen LogP contribution in [0, 0.1) is 5.92 Å². The maximum absolute atomic E-state index is 6.31. The lowest BCUT2D eigenvalue weighted by molar-refractivity contribution is -0.146. The Balaban J connectivity index is 1.71. The van der Waals surface area contributed by atoms with E-state index in [0.29, 0.717) is 5.92 Å². The van der Waals surface area contributed by atoms with Crippen LogP contribution in [-0.2, 0) is 11.8 Å². The van der Waals surface area contributed by atoms with Gasteiger partial charge in [-0.15, -0.1) is 5.10 Å². The van der Waals surface area contributed by atoms with Crippen molar-refractivity contribution in [3.63, 3.8) is 0 Å². The third-order valence-electron chi connectivity index (χ3n) is 4.27. The topological polar surface area (TPSA) is 66.0 Å². The van der Waals surface area contributed by atoms with Crippen molar-refractivity contribution in [3.8, 4) is 0 Å². The summed E-state index contributed by atoms with van der Waals surface area (Å²) in [7, 11) is 1.88. The Hall–Kier alpha value is -0.940. The molecule has 5 heteroatoms. The van der Waals surface area contributed by atoms with Crippen LogP contribution in [0.3, 0.4) is 0 Å². The van der Waals surface area contributed by atoms with Crippen molar-refractivity contribution in [1.82, 2.24) is 15.0 Å². The monoisotopic (exact) mass is 236 g/mol. The van der Waals surface area contributed by atoms with Gasteiger partial charge in [0.05, 0.1) is 17.3 Å².